The molecule has 17 heavy (non-hydrogen) atoms. The number of nitrogens with zero attached hydrogens (tertiary/aromatic N) is 2. The summed E-state index contributed by atoms with van der Waals surface area (Å²) in [7, 11) is 2.25. The summed E-state index contributed by atoms with van der Waals surface area (Å²) in [5, 5.41) is 3.64. The highest BCUT2D eigenvalue weighted by Crippen LogP contribution is 2.18. The quantitative estimate of drug-likeness (QED) is 0.800. The molecule has 3 heteroatoms. The molecule has 2 fully saturated rings. The molecule has 0 aromatic carbocycles. The van der Waals surface area contributed by atoms with Crippen LogP contribution >= 0.6 is 0 Å². The van der Waals surface area contributed by atoms with Crippen molar-refractivity contribution in [3.05, 3.63) is 0 Å². The Bertz CT molecular complexity index is 210. The topological polar surface area (TPSA) is 18.5 Å². The Morgan fingerprint density at radius 1 is 1.18 bits per heavy atom. The number of rotatable bonds is 4. The lowest BCUT2D eigenvalue weighted by molar-refractivity contribution is 0.132. The molecule has 3 nitrogen and oxygen atoms in total. The van der Waals surface area contributed by atoms with E-state index in [1.807, 2.05) is 0 Å². The third-order valence-electron chi connectivity index (χ3n) is 4.33. The Labute approximate surface area is 107 Å². The summed E-state index contributed by atoms with van der Waals surface area (Å²) < 4.78 is 0. The second-order valence-electron chi connectivity index (χ2n) is 5.95. The third kappa shape index (κ3) is 4.23. The van der Waals surface area contributed by atoms with E-state index in [0.717, 1.165) is 12.0 Å². The smallest absolute Gasteiger partial charge is 0.0195 e. The van der Waals surface area contributed by atoms with Crippen molar-refractivity contribution in [1.29, 1.82) is 0 Å². The zero-order valence-corrected chi connectivity index (χ0v) is 11.6. The molecule has 0 aromatic rings. The Balaban J connectivity index is 1.71. The molecule has 2 aliphatic heterocycles. The van der Waals surface area contributed by atoms with Gasteiger partial charge in [-0.15, -0.1) is 0 Å². The molecule has 2 aliphatic rings. The van der Waals surface area contributed by atoms with E-state index in [4.69, 9.17) is 0 Å². The van der Waals surface area contributed by atoms with E-state index >= 15 is 0 Å². The van der Waals surface area contributed by atoms with Gasteiger partial charge in [0.05, 0.1) is 0 Å². The third-order valence-corrected chi connectivity index (χ3v) is 4.33. The van der Waals surface area contributed by atoms with Crippen LogP contribution in [-0.2, 0) is 0 Å². The van der Waals surface area contributed by atoms with Crippen LogP contribution < -0.4 is 5.32 Å². The van der Waals surface area contributed by atoms with Gasteiger partial charge >= 0.3 is 0 Å². The normalized spacial score (nSPS) is 29.6. The Kier molecular flexibility index (Phi) is 5.26. The summed E-state index contributed by atoms with van der Waals surface area (Å²) in [6.07, 6.45) is 5.45. The molecule has 1 atom stereocenters. The summed E-state index contributed by atoms with van der Waals surface area (Å²) >= 11 is 0. The molecule has 2 rings (SSSR count). The van der Waals surface area contributed by atoms with Crippen molar-refractivity contribution in [1.82, 2.24) is 15.1 Å². The molecule has 0 bridgehead atoms. The summed E-state index contributed by atoms with van der Waals surface area (Å²) in [6.45, 7) is 9.96. The SMILES string of the molecule is CCCC1CN(CC2CCN(C)CC2)CCN1. The lowest BCUT2D eigenvalue weighted by Crippen LogP contribution is -2.52. The van der Waals surface area contributed by atoms with Gasteiger partial charge in [-0.25, -0.2) is 0 Å². The largest absolute Gasteiger partial charge is 0.311 e. The minimum Gasteiger partial charge on any atom is -0.311 e. The molecule has 0 aromatic heterocycles. The molecule has 0 radical (unpaired) electrons. The average Bonchev–Trinajstić information content (AvgIpc) is 2.33. The van der Waals surface area contributed by atoms with Crippen molar-refractivity contribution < 1.29 is 0 Å². The zero-order chi connectivity index (χ0) is 12.1. The molecule has 2 heterocycles. The first kappa shape index (κ1) is 13.3. The first-order valence-electron chi connectivity index (χ1n) is 7.42. The number of piperidine rings is 1. The first-order chi connectivity index (χ1) is 8.28. The van der Waals surface area contributed by atoms with Crippen molar-refractivity contribution in [2.24, 2.45) is 5.92 Å². The Hall–Kier alpha value is -0.120. The Morgan fingerprint density at radius 3 is 2.65 bits per heavy atom. The van der Waals surface area contributed by atoms with E-state index in [0.29, 0.717) is 0 Å². The van der Waals surface area contributed by atoms with Gasteiger partial charge in [0.25, 0.3) is 0 Å². The fourth-order valence-corrected chi connectivity index (χ4v) is 3.21. The van der Waals surface area contributed by atoms with E-state index in [2.05, 4.69) is 29.1 Å². The van der Waals surface area contributed by atoms with Crippen molar-refractivity contribution in [2.75, 3.05) is 46.3 Å². The maximum atomic E-state index is 3.64. The van der Waals surface area contributed by atoms with E-state index in [1.54, 1.807) is 0 Å². The number of likely N-dealkylation sites (tertiary alicyclic amines) is 1. The summed E-state index contributed by atoms with van der Waals surface area (Å²) in [5.41, 5.74) is 0. The van der Waals surface area contributed by atoms with Gasteiger partial charge in [-0.3, -0.25) is 0 Å². The minimum absolute atomic E-state index is 0.750. The maximum Gasteiger partial charge on any atom is 0.0195 e. The van der Waals surface area contributed by atoms with Gasteiger partial charge in [-0.1, -0.05) is 13.3 Å². The summed E-state index contributed by atoms with van der Waals surface area (Å²) in [6, 6.07) is 0.750. The van der Waals surface area contributed by atoms with Crippen molar-refractivity contribution in [3.63, 3.8) is 0 Å². The lowest BCUT2D eigenvalue weighted by atomic mass is 9.96. The summed E-state index contributed by atoms with van der Waals surface area (Å²) in [4.78, 5) is 5.17. The number of hydrogen-bond donors (Lipinski definition) is 1. The van der Waals surface area contributed by atoms with Crippen LogP contribution in [0, 0.1) is 5.92 Å². The fraction of sp³-hybridized carbons (Fsp3) is 1.00. The van der Waals surface area contributed by atoms with Crippen LogP contribution in [0.4, 0.5) is 0 Å². The van der Waals surface area contributed by atoms with Gasteiger partial charge in [-0.2, -0.15) is 0 Å². The predicted molar refractivity (Wildman–Crippen MR) is 73.4 cm³/mol. The number of hydrogen-bond acceptors (Lipinski definition) is 3. The van der Waals surface area contributed by atoms with Gasteiger partial charge in [-0.05, 0) is 45.3 Å². The average molecular weight is 239 g/mol. The number of nitrogens with one attached hydrogen (secondary N) is 1. The van der Waals surface area contributed by atoms with Gasteiger partial charge in [0.2, 0.25) is 0 Å². The summed E-state index contributed by atoms with van der Waals surface area (Å²) in [5.74, 6) is 0.951. The second-order valence-corrected chi connectivity index (χ2v) is 5.95. The highest BCUT2D eigenvalue weighted by molar-refractivity contribution is 4.81. The van der Waals surface area contributed by atoms with E-state index < -0.39 is 0 Å². The monoisotopic (exact) mass is 239 g/mol. The highest BCUT2D eigenvalue weighted by Gasteiger charge is 2.23. The minimum atomic E-state index is 0.750. The molecular weight excluding hydrogens is 210 g/mol. The van der Waals surface area contributed by atoms with Crippen LogP contribution in [0.25, 0.3) is 0 Å². The highest BCUT2D eigenvalue weighted by atomic mass is 15.2. The van der Waals surface area contributed by atoms with Crippen LogP contribution in [0.5, 0.6) is 0 Å². The fourth-order valence-electron chi connectivity index (χ4n) is 3.21. The molecule has 0 amide bonds. The second kappa shape index (κ2) is 6.72. The van der Waals surface area contributed by atoms with Crippen molar-refractivity contribution in [2.45, 2.75) is 38.6 Å². The molecule has 1 unspecified atom stereocenters. The van der Waals surface area contributed by atoms with Gasteiger partial charge < -0.3 is 15.1 Å². The van der Waals surface area contributed by atoms with E-state index in [9.17, 15) is 0 Å². The van der Waals surface area contributed by atoms with Crippen LogP contribution in [0.1, 0.15) is 32.6 Å². The molecular formula is C14H29N3. The molecule has 0 saturated carbocycles. The lowest BCUT2D eigenvalue weighted by Gasteiger charge is -2.38. The standard InChI is InChI=1S/C14H29N3/c1-3-4-14-12-17(10-7-15-14)11-13-5-8-16(2)9-6-13/h13-15H,3-12H2,1-2H3. The van der Waals surface area contributed by atoms with Crippen molar-refractivity contribution >= 4 is 0 Å². The van der Waals surface area contributed by atoms with Crippen LogP contribution in [0.15, 0.2) is 0 Å². The molecule has 0 spiro atoms. The van der Waals surface area contributed by atoms with Crippen LogP contribution in [0.2, 0.25) is 0 Å². The van der Waals surface area contributed by atoms with E-state index in [1.165, 1.54) is 65.0 Å². The molecule has 0 aliphatic carbocycles. The van der Waals surface area contributed by atoms with E-state index in [-0.39, 0.29) is 0 Å². The Morgan fingerprint density at radius 2 is 1.94 bits per heavy atom. The van der Waals surface area contributed by atoms with Crippen molar-refractivity contribution in [3.8, 4) is 0 Å². The van der Waals surface area contributed by atoms with Gasteiger partial charge in [0, 0.05) is 32.2 Å². The maximum absolute atomic E-state index is 3.64. The van der Waals surface area contributed by atoms with Crippen LogP contribution in [-0.4, -0.2) is 62.2 Å². The molecule has 2 saturated heterocycles. The van der Waals surface area contributed by atoms with Gasteiger partial charge in [0.15, 0.2) is 0 Å². The van der Waals surface area contributed by atoms with Gasteiger partial charge in [0.1, 0.15) is 0 Å². The zero-order valence-electron chi connectivity index (χ0n) is 11.6. The number of piperazine rings is 1. The van der Waals surface area contributed by atoms with Crippen LogP contribution in [0.3, 0.4) is 0 Å². The first-order valence-corrected chi connectivity index (χ1v) is 7.42. The molecule has 100 valence electrons. The molecule has 1 N–H and O–H groups in total. The predicted octanol–water partition coefficient (Wildman–Crippen LogP) is 1.40.